The van der Waals surface area contributed by atoms with Crippen LogP contribution in [0.3, 0.4) is 0 Å². The first kappa shape index (κ1) is 15.0. The molecule has 0 saturated heterocycles. The van der Waals surface area contributed by atoms with Gasteiger partial charge in [-0.15, -0.1) is 0 Å². The van der Waals surface area contributed by atoms with E-state index in [2.05, 4.69) is 0 Å². The van der Waals surface area contributed by atoms with Crippen LogP contribution in [0.4, 0.5) is 0 Å². The fourth-order valence-corrected chi connectivity index (χ4v) is 3.37. The number of aliphatic hydroxyl groups is 1. The second kappa shape index (κ2) is 6.07. The summed E-state index contributed by atoms with van der Waals surface area (Å²) in [4.78, 5) is 12.5. The summed E-state index contributed by atoms with van der Waals surface area (Å²) in [6.45, 7) is 0.903. The molecule has 0 aliphatic heterocycles. The standard InChI is InChI=1S/C18H20O4/c1-21-11-12-22-18-9-7-14(19)16(13-5-3-2-4-6-13)17(18)15(20)8-10-18/h2-7,9,17,19H,8,10-12H2,1H3. The fourth-order valence-electron chi connectivity index (χ4n) is 3.37. The molecule has 1 aromatic carbocycles. The van der Waals surface area contributed by atoms with Crippen LogP contribution in [0, 0.1) is 5.92 Å². The van der Waals surface area contributed by atoms with Gasteiger partial charge in [-0.3, -0.25) is 4.79 Å². The maximum absolute atomic E-state index is 12.5. The van der Waals surface area contributed by atoms with Gasteiger partial charge in [0.05, 0.1) is 19.1 Å². The van der Waals surface area contributed by atoms with Crippen molar-refractivity contribution in [2.75, 3.05) is 20.3 Å². The summed E-state index contributed by atoms with van der Waals surface area (Å²) in [5.41, 5.74) is 0.875. The largest absolute Gasteiger partial charge is 0.508 e. The first-order valence-corrected chi connectivity index (χ1v) is 7.51. The van der Waals surface area contributed by atoms with Crippen molar-refractivity contribution in [3.63, 3.8) is 0 Å². The molecule has 0 aromatic heterocycles. The quantitative estimate of drug-likeness (QED) is 0.850. The molecule has 1 aromatic rings. The number of rotatable bonds is 5. The first-order valence-electron chi connectivity index (χ1n) is 7.51. The van der Waals surface area contributed by atoms with Crippen LogP contribution in [0.5, 0.6) is 0 Å². The molecule has 0 amide bonds. The number of ketones is 1. The maximum Gasteiger partial charge on any atom is 0.143 e. The Hall–Kier alpha value is -1.91. The second-order valence-corrected chi connectivity index (χ2v) is 5.69. The van der Waals surface area contributed by atoms with Crippen molar-refractivity contribution in [2.45, 2.75) is 18.4 Å². The summed E-state index contributed by atoms with van der Waals surface area (Å²) < 4.78 is 11.1. The van der Waals surface area contributed by atoms with Gasteiger partial charge in [-0.1, -0.05) is 30.3 Å². The van der Waals surface area contributed by atoms with Gasteiger partial charge in [0.15, 0.2) is 0 Å². The number of allylic oxidation sites excluding steroid dienone is 1. The Bertz CT molecular complexity index is 617. The van der Waals surface area contributed by atoms with E-state index in [-0.39, 0.29) is 11.5 Å². The molecule has 2 atom stereocenters. The van der Waals surface area contributed by atoms with Crippen LogP contribution in [-0.4, -0.2) is 36.8 Å². The van der Waals surface area contributed by atoms with E-state index >= 15 is 0 Å². The second-order valence-electron chi connectivity index (χ2n) is 5.69. The molecule has 0 heterocycles. The van der Waals surface area contributed by atoms with E-state index < -0.39 is 11.5 Å². The Morgan fingerprint density at radius 1 is 1.27 bits per heavy atom. The number of hydrogen-bond acceptors (Lipinski definition) is 4. The zero-order valence-corrected chi connectivity index (χ0v) is 12.6. The lowest BCUT2D eigenvalue weighted by Gasteiger charge is -2.36. The van der Waals surface area contributed by atoms with Crippen molar-refractivity contribution >= 4 is 11.4 Å². The number of fused-ring (bicyclic) bond motifs is 1. The smallest absolute Gasteiger partial charge is 0.143 e. The van der Waals surface area contributed by atoms with Gasteiger partial charge in [0.2, 0.25) is 0 Å². The van der Waals surface area contributed by atoms with Crippen molar-refractivity contribution in [1.82, 2.24) is 0 Å². The summed E-state index contributed by atoms with van der Waals surface area (Å²) in [6.07, 6.45) is 4.59. The average Bonchev–Trinajstić information content (AvgIpc) is 2.87. The monoisotopic (exact) mass is 300 g/mol. The van der Waals surface area contributed by atoms with E-state index in [4.69, 9.17) is 9.47 Å². The van der Waals surface area contributed by atoms with E-state index in [0.29, 0.717) is 31.6 Å². The van der Waals surface area contributed by atoms with E-state index in [9.17, 15) is 9.90 Å². The molecule has 1 saturated carbocycles. The predicted octanol–water partition coefficient (Wildman–Crippen LogP) is 2.91. The van der Waals surface area contributed by atoms with Gasteiger partial charge in [0.25, 0.3) is 0 Å². The molecule has 2 aliphatic rings. The zero-order chi connectivity index (χ0) is 15.6. The molecule has 1 N–H and O–H groups in total. The van der Waals surface area contributed by atoms with Gasteiger partial charge in [0.1, 0.15) is 17.1 Å². The van der Waals surface area contributed by atoms with Gasteiger partial charge in [-0.25, -0.2) is 0 Å². The van der Waals surface area contributed by atoms with E-state index in [0.717, 1.165) is 5.56 Å². The third-order valence-electron chi connectivity index (χ3n) is 4.40. The lowest BCUT2D eigenvalue weighted by Crippen LogP contribution is -2.40. The molecule has 116 valence electrons. The predicted molar refractivity (Wildman–Crippen MR) is 83.4 cm³/mol. The van der Waals surface area contributed by atoms with Crippen LogP contribution in [-0.2, 0) is 14.3 Å². The molecule has 22 heavy (non-hydrogen) atoms. The van der Waals surface area contributed by atoms with Crippen molar-refractivity contribution in [3.8, 4) is 0 Å². The highest BCUT2D eigenvalue weighted by Gasteiger charge is 2.51. The van der Waals surface area contributed by atoms with Crippen LogP contribution in [0.1, 0.15) is 18.4 Å². The summed E-state index contributed by atoms with van der Waals surface area (Å²) in [6, 6.07) is 9.55. The molecule has 0 radical (unpaired) electrons. The summed E-state index contributed by atoms with van der Waals surface area (Å²) in [7, 11) is 1.62. The molecule has 4 nitrogen and oxygen atoms in total. The molecule has 2 unspecified atom stereocenters. The lowest BCUT2D eigenvalue weighted by molar-refractivity contribution is -0.123. The van der Waals surface area contributed by atoms with Crippen LogP contribution >= 0.6 is 0 Å². The minimum Gasteiger partial charge on any atom is -0.508 e. The molecule has 4 heteroatoms. The van der Waals surface area contributed by atoms with Crippen LogP contribution in [0.2, 0.25) is 0 Å². The normalized spacial score (nSPS) is 27.3. The highest BCUT2D eigenvalue weighted by Crippen LogP contribution is 2.48. The Labute approximate surface area is 130 Å². The Morgan fingerprint density at radius 3 is 2.77 bits per heavy atom. The maximum atomic E-state index is 12.5. The molecular formula is C18H20O4. The van der Waals surface area contributed by atoms with E-state index in [1.54, 1.807) is 13.2 Å². The average molecular weight is 300 g/mol. The van der Waals surface area contributed by atoms with E-state index in [1.807, 2.05) is 36.4 Å². The third kappa shape index (κ3) is 2.49. The van der Waals surface area contributed by atoms with Crippen molar-refractivity contribution in [1.29, 1.82) is 0 Å². The number of Topliss-reactive ketones (excluding diaryl/α,β-unsaturated/α-hetero) is 1. The fraction of sp³-hybridized carbons (Fsp3) is 0.389. The number of carbonyl (C=O) groups excluding carboxylic acids is 1. The molecule has 2 aliphatic carbocycles. The summed E-state index contributed by atoms with van der Waals surface area (Å²) in [5.74, 6) is -0.179. The third-order valence-corrected chi connectivity index (χ3v) is 4.40. The number of ether oxygens (including phenoxy) is 2. The number of carbonyl (C=O) groups is 1. The highest BCUT2D eigenvalue weighted by atomic mass is 16.5. The van der Waals surface area contributed by atoms with Gasteiger partial charge >= 0.3 is 0 Å². The zero-order valence-electron chi connectivity index (χ0n) is 12.6. The lowest BCUT2D eigenvalue weighted by atomic mass is 9.77. The van der Waals surface area contributed by atoms with Gasteiger partial charge in [0, 0.05) is 19.1 Å². The number of aliphatic hydroxyl groups excluding tert-OH is 1. The minimum atomic E-state index is -0.660. The molecule has 0 spiro atoms. The van der Waals surface area contributed by atoms with Crippen LogP contribution in [0.15, 0.2) is 48.2 Å². The number of methoxy groups -OCH3 is 1. The molecule has 1 fully saturated rings. The molecule has 0 bridgehead atoms. The Balaban J connectivity index is 1.99. The van der Waals surface area contributed by atoms with Crippen molar-refractivity contribution in [2.24, 2.45) is 5.92 Å². The van der Waals surface area contributed by atoms with Gasteiger partial charge < -0.3 is 14.6 Å². The Morgan fingerprint density at radius 2 is 2.05 bits per heavy atom. The SMILES string of the molecule is COCCOC12C=CC(O)=C(c3ccccc3)C1C(=O)CC2. The van der Waals surface area contributed by atoms with Crippen LogP contribution in [0.25, 0.3) is 5.57 Å². The van der Waals surface area contributed by atoms with E-state index in [1.165, 1.54) is 0 Å². The topological polar surface area (TPSA) is 55.8 Å². The Kier molecular flexibility index (Phi) is 4.14. The number of hydrogen-bond donors (Lipinski definition) is 1. The van der Waals surface area contributed by atoms with Crippen LogP contribution < -0.4 is 0 Å². The van der Waals surface area contributed by atoms with Crippen molar-refractivity contribution < 1.29 is 19.4 Å². The number of benzene rings is 1. The first-order chi connectivity index (χ1) is 10.7. The molecule has 3 rings (SSSR count). The van der Waals surface area contributed by atoms with Gasteiger partial charge in [-0.05, 0) is 24.1 Å². The van der Waals surface area contributed by atoms with Crippen molar-refractivity contribution in [3.05, 3.63) is 53.8 Å². The minimum absolute atomic E-state index is 0.118. The van der Waals surface area contributed by atoms with Gasteiger partial charge in [-0.2, -0.15) is 0 Å². The summed E-state index contributed by atoms with van der Waals surface area (Å²) >= 11 is 0. The molecular weight excluding hydrogens is 280 g/mol. The highest BCUT2D eigenvalue weighted by molar-refractivity contribution is 5.98. The summed E-state index contributed by atoms with van der Waals surface area (Å²) in [5, 5.41) is 10.3.